The number of aryl methyl sites for hydroxylation is 2. The zero-order valence-electron chi connectivity index (χ0n) is 12.8. The van der Waals surface area contributed by atoms with Gasteiger partial charge in [-0.15, -0.1) is 0 Å². The first-order valence-corrected chi connectivity index (χ1v) is 7.25. The molecule has 0 aliphatic heterocycles. The smallest absolute Gasteiger partial charge is 0.0628 e. The Bertz CT molecular complexity index is 545. The molecule has 0 aliphatic carbocycles. The summed E-state index contributed by atoms with van der Waals surface area (Å²) in [7, 11) is 2.01. The summed E-state index contributed by atoms with van der Waals surface area (Å²) in [6.45, 7) is 7.34. The van der Waals surface area contributed by atoms with Gasteiger partial charge in [-0.05, 0) is 50.4 Å². The zero-order chi connectivity index (χ0) is 14.5. The van der Waals surface area contributed by atoms with Crippen molar-refractivity contribution in [2.75, 3.05) is 6.54 Å². The van der Waals surface area contributed by atoms with Crippen LogP contribution >= 0.6 is 0 Å². The van der Waals surface area contributed by atoms with Crippen molar-refractivity contribution in [3.05, 3.63) is 47.0 Å². The fourth-order valence-corrected chi connectivity index (χ4v) is 2.68. The Morgan fingerprint density at radius 1 is 1.35 bits per heavy atom. The Balaban J connectivity index is 2.10. The molecule has 2 aromatic rings. The van der Waals surface area contributed by atoms with Gasteiger partial charge in [0.15, 0.2) is 0 Å². The molecule has 20 heavy (non-hydrogen) atoms. The highest BCUT2D eigenvalue weighted by atomic mass is 15.3. The normalized spacial score (nSPS) is 12.6. The molecule has 0 fully saturated rings. The SMILES string of the molecule is CCNC(CCc1c(C)nn(C)c1C)c1cccnc1. The van der Waals surface area contributed by atoms with E-state index in [2.05, 4.69) is 42.2 Å². The summed E-state index contributed by atoms with van der Waals surface area (Å²) < 4.78 is 1.97. The summed E-state index contributed by atoms with van der Waals surface area (Å²) in [5, 5.41) is 8.04. The molecule has 108 valence electrons. The first-order chi connectivity index (χ1) is 9.63. The van der Waals surface area contributed by atoms with Gasteiger partial charge in [-0.1, -0.05) is 13.0 Å². The fraction of sp³-hybridized carbons (Fsp3) is 0.500. The molecule has 1 N–H and O–H groups in total. The highest BCUT2D eigenvalue weighted by Gasteiger charge is 2.14. The molecule has 0 radical (unpaired) electrons. The second-order valence-corrected chi connectivity index (χ2v) is 5.21. The third-order valence-electron chi connectivity index (χ3n) is 3.88. The molecule has 0 aliphatic rings. The van der Waals surface area contributed by atoms with Gasteiger partial charge >= 0.3 is 0 Å². The Morgan fingerprint density at radius 2 is 2.15 bits per heavy atom. The Hall–Kier alpha value is -1.68. The molecule has 0 amide bonds. The summed E-state index contributed by atoms with van der Waals surface area (Å²) in [5.41, 5.74) is 5.04. The van der Waals surface area contributed by atoms with Crippen molar-refractivity contribution in [2.24, 2.45) is 7.05 Å². The molecule has 1 atom stereocenters. The van der Waals surface area contributed by atoms with Crippen molar-refractivity contribution in [1.82, 2.24) is 20.1 Å². The highest BCUT2D eigenvalue weighted by molar-refractivity contribution is 5.25. The van der Waals surface area contributed by atoms with Gasteiger partial charge in [0.05, 0.1) is 5.69 Å². The molecule has 1 unspecified atom stereocenters. The summed E-state index contributed by atoms with van der Waals surface area (Å²) in [6, 6.07) is 4.50. The van der Waals surface area contributed by atoms with Gasteiger partial charge in [-0.2, -0.15) is 5.10 Å². The third-order valence-corrected chi connectivity index (χ3v) is 3.88. The van der Waals surface area contributed by atoms with Crippen LogP contribution in [-0.4, -0.2) is 21.3 Å². The second kappa shape index (κ2) is 6.66. The van der Waals surface area contributed by atoms with Crippen LogP contribution in [0.1, 0.15) is 41.9 Å². The average molecular weight is 272 g/mol. The van der Waals surface area contributed by atoms with Crippen LogP contribution in [0.25, 0.3) is 0 Å². The van der Waals surface area contributed by atoms with Gasteiger partial charge in [-0.25, -0.2) is 0 Å². The molecule has 0 spiro atoms. The molecule has 0 aromatic carbocycles. The maximum atomic E-state index is 4.49. The van der Waals surface area contributed by atoms with E-state index in [1.54, 1.807) is 0 Å². The predicted octanol–water partition coefficient (Wildman–Crippen LogP) is 2.72. The number of nitrogens with zero attached hydrogens (tertiary/aromatic N) is 3. The van der Waals surface area contributed by atoms with Crippen LogP contribution < -0.4 is 5.32 Å². The van der Waals surface area contributed by atoms with Gasteiger partial charge in [0.25, 0.3) is 0 Å². The van der Waals surface area contributed by atoms with E-state index in [1.165, 1.54) is 16.8 Å². The lowest BCUT2D eigenvalue weighted by molar-refractivity contribution is 0.513. The van der Waals surface area contributed by atoms with Gasteiger partial charge in [0, 0.05) is 31.2 Å². The molecule has 2 aromatic heterocycles. The second-order valence-electron chi connectivity index (χ2n) is 5.21. The van der Waals surface area contributed by atoms with E-state index in [-0.39, 0.29) is 0 Å². The zero-order valence-corrected chi connectivity index (χ0v) is 12.8. The number of rotatable bonds is 6. The molecule has 4 heteroatoms. The number of hydrogen-bond acceptors (Lipinski definition) is 3. The van der Waals surface area contributed by atoms with Crippen molar-refractivity contribution in [3.63, 3.8) is 0 Å². The van der Waals surface area contributed by atoms with Crippen LogP contribution in [0, 0.1) is 13.8 Å². The van der Waals surface area contributed by atoms with Gasteiger partial charge < -0.3 is 5.32 Å². The molecule has 2 heterocycles. The van der Waals surface area contributed by atoms with E-state index >= 15 is 0 Å². The minimum Gasteiger partial charge on any atom is -0.310 e. The first-order valence-electron chi connectivity index (χ1n) is 7.25. The van der Waals surface area contributed by atoms with Crippen molar-refractivity contribution < 1.29 is 0 Å². The molecule has 2 rings (SSSR count). The largest absolute Gasteiger partial charge is 0.310 e. The number of pyridine rings is 1. The molecule has 0 saturated carbocycles. The molecular weight excluding hydrogens is 248 g/mol. The lowest BCUT2D eigenvalue weighted by Crippen LogP contribution is -2.21. The minimum atomic E-state index is 0.354. The number of aromatic nitrogens is 3. The van der Waals surface area contributed by atoms with Crippen LogP contribution in [-0.2, 0) is 13.5 Å². The summed E-state index contributed by atoms with van der Waals surface area (Å²) in [4.78, 5) is 4.23. The monoisotopic (exact) mass is 272 g/mol. The van der Waals surface area contributed by atoms with E-state index in [4.69, 9.17) is 0 Å². The molecule has 0 saturated heterocycles. The van der Waals surface area contributed by atoms with Gasteiger partial charge in [0.2, 0.25) is 0 Å². The summed E-state index contributed by atoms with van der Waals surface area (Å²) in [5.74, 6) is 0. The minimum absolute atomic E-state index is 0.354. The lowest BCUT2D eigenvalue weighted by Gasteiger charge is -2.18. The van der Waals surface area contributed by atoms with Crippen molar-refractivity contribution in [1.29, 1.82) is 0 Å². The quantitative estimate of drug-likeness (QED) is 0.879. The molecule has 0 bridgehead atoms. The molecular formula is C16H24N4. The Labute approximate surface area is 121 Å². The maximum Gasteiger partial charge on any atom is 0.0628 e. The Morgan fingerprint density at radius 3 is 2.70 bits per heavy atom. The van der Waals surface area contributed by atoms with Gasteiger partial charge in [0.1, 0.15) is 0 Å². The van der Waals surface area contributed by atoms with E-state index in [9.17, 15) is 0 Å². The average Bonchev–Trinajstić information content (AvgIpc) is 2.70. The van der Waals surface area contributed by atoms with Crippen molar-refractivity contribution in [2.45, 2.75) is 39.7 Å². The van der Waals surface area contributed by atoms with E-state index in [0.29, 0.717) is 6.04 Å². The van der Waals surface area contributed by atoms with Crippen LogP contribution in [0.4, 0.5) is 0 Å². The van der Waals surface area contributed by atoms with Crippen LogP contribution in [0.3, 0.4) is 0 Å². The van der Waals surface area contributed by atoms with Gasteiger partial charge in [-0.3, -0.25) is 9.67 Å². The predicted molar refractivity (Wildman–Crippen MR) is 81.7 cm³/mol. The summed E-state index contributed by atoms with van der Waals surface area (Å²) >= 11 is 0. The lowest BCUT2D eigenvalue weighted by atomic mass is 9.99. The van der Waals surface area contributed by atoms with E-state index in [1.807, 2.05) is 30.2 Å². The fourth-order valence-electron chi connectivity index (χ4n) is 2.68. The standard InChI is InChI=1S/C16H24N4/c1-5-18-16(14-7-6-10-17-11-14)9-8-15-12(2)19-20(4)13(15)3/h6-7,10-11,16,18H,5,8-9H2,1-4H3. The molecule has 4 nitrogen and oxygen atoms in total. The third kappa shape index (κ3) is 3.25. The number of hydrogen-bond donors (Lipinski definition) is 1. The van der Waals surface area contributed by atoms with E-state index < -0.39 is 0 Å². The maximum absolute atomic E-state index is 4.49. The van der Waals surface area contributed by atoms with E-state index in [0.717, 1.165) is 25.1 Å². The first kappa shape index (κ1) is 14.7. The van der Waals surface area contributed by atoms with Crippen LogP contribution in [0.15, 0.2) is 24.5 Å². The van der Waals surface area contributed by atoms with Crippen molar-refractivity contribution >= 4 is 0 Å². The number of nitrogens with one attached hydrogen (secondary N) is 1. The Kier molecular flexibility index (Phi) is 4.90. The van der Waals surface area contributed by atoms with Crippen LogP contribution in [0.2, 0.25) is 0 Å². The van der Waals surface area contributed by atoms with Crippen molar-refractivity contribution in [3.8, 4) is 0 Å². The highest BCUT2D eigenvalue weighted by Crippen LogP contribution is 2.21. The summed E-state index contributed by atoms with van der Waals surface area (Å²) in [6.07, 6.45) is 5.88. The van der Waals surface area contributed by atoms with Crippen LogP contribution in [0.5, 0.6) is 0 Å². The topological polar surface area (TPSA) is 42.7 Å².